The lowest BCUT2D eigenvalue weighted by atomic mass is 10.1. The molecule has 1 aliphatic rings. The molecule has 1 aliphatic heterocycles. The standard InChI is InChI=1S/C19H24N2O4S/c1-4-15-11-25-8-7-21(15)18(22)10-14-12-26-19(20-14)13-5-6-16(23-2)17(9-13)24-3/h5-6,9,12,15H,4,7-8,10-11H2,1-3H3. The lowest BCUT2D eigenvalue weighted by Crippen LogP contribution is -2.48. The molecule has 0 N–H and O–H groups in total. The van der Waals surface area contributed by atoms with E-state index in [1.807, 2.05) is 28.5 Å². The summed E-state index contributed by atoms with van der Waals surface area (Å²) in [7, 11) is 3.22. The van der Waals surface area contributed by atoms with Gasteiger partial charge in [0.15, 0.2) is 11.5 Å². The summed E-state index contributed by atoms with van der Waals surface area (Å²) < 4.78 is 16.1. The van der Waals surface area contributed by atoms with E-state index in [1.54, 1.807) is 14.2 Å². The maximum absolute atomic E-state index is 12.7. The molecule has 7 heteroatoms. The van der Waals surface area contributed by atoms with Gasteiger partial charge in [-0.1, -0.05) is 6.92 Å². The van der Waals surface area contributed by atoms with E-state index >= 15 is 0 Å². The van der Waals surface area contributed by atoms with Crippen molar-refractivity contribution in [2.24, 2.45) is 0 Å². The van der Waals surface area contributed by atoms with Crippen LogP contribution in [0.1, 0.15) is 19.0 Å². The second-order valence-electron chi connectivity index (χ2n) is 6.11. The van der Waals surface area contributed by atoms with Gasteiger partial charge in [-0.2, -0.15) is 0 Å². The van der Waals surface area contributed by atoms with Gasteiger partial charge in [-0.05, 0) is 24.6 Å². The quantitative estimate of drug-likeness (QED) is 0.776. The molecule has 0 aliphatic carbocycles. The van der Waals surface area contributed by atoms with Crippen LogP contribution in [-0.4, -0.2) is 55.8 Å². The van der Waals surface area contributed by atoms with Crippen LogP contribution in [0.4, 0.5) is 0 Å². The highest BCUT2D eigenvalue weighted by Crippen LogP contribution is 2.33. The average Bonchev–Trinajstić information content (AvgIpc) is 3.15. The van der Waals surface area contributed by atoms with Crippen molar-refractivity contribution in [1.29, 1.82) is 0 Å². The second kappa shape index (κ2) is 8.51. The van der Waals surface area contributed by atoms with Crippen molar-refractivity contribution in [3.05, 3.63) is 29.3 Å². The van der Waals surface area contributed by atoms with Crippen molar-refractivity contribution >= 4 is 17.2 Å². The first-order chi connectivity index (χ1) is 12.7. The minimum Gasteiger partial charge on any atom is -0.493 e. The first-order valence-corrected chi connectivity index (χ1v) is 9.58. The summed E-state index contributed by atoms with van der Waals surface area (Å²) in [4.78, 5) is 19.2. The zero-order chi connectivity index (χ0) is 18.5. The monoisotopic (exact) mass is 376 g/mol. The van der Waals surface area contributed by atoms with Crippen molar-refractivity contribution in [2.45, 2.75) is 25.8 Å². The number of methoxy groups -OCH3 is 2. The number of thiazole rings is 1. The number of nitrogens with zero attached hydrogens (tertiary/aromatic N) is 2. The van der Waals surface area contributed by atoms with Crippen LogP contribution in [0.15, 0.2) is 23.6 Å². The molecule has 1 aromatic heterocycles. The number of amides is 1. The third kappa shape index (κ3) is 3.99. The van der Waals surface area contributed by atoms with Gasteiger partial charge in [0.1, 0.15) is 5.01 Å². The van der Waals surface area contributed by atoms with E-state index in [2.05, 4.69) is 11.9 Å². The molecule has 1 aromatic carbocycles. The highest BCUT2D eigenvalue weighted by Gasteiger charge is 2.26. The molecule has 140 valence electrons. The van der Waals surface area contributed by atoms with Crippen LogP contribution in [0.25, 0.3) is 10.6 Å². The van der Waals surface area contributed by atoms with Crippen molar-refractivity contribution < 1.29 is 19.0 Å². The minimum atomic E-state index is 0.115. The average molecular weight is 376 g/mol. The molecule has 1 fully saturated rings. The van der Waals surface area contributed by atoms with E-state index in [0.29, 0.717) is 37.7 Å². The van der Waals surface area contributed by atoms with Gasteiger partial charge in [0.05, 0.1) is 45.6 Å². The highest BCUT2D eigenvalue weighted by atomic mass is 32.1. The van der Waals surface area contributed by atoms with Crippen molar-refractivity contribution in [2.75, 3.05) is 34.0 Å². The third-order valence-corrected chi connectivity index (χ3v) is 5.47. The summed E-state index contributed by atoms with van der Waals surface area (Å²) in [5.74, 6) is 1.46. The number of ether oxygens (including phenoxy) is 3. The topological polar surface area (TPSA) is 60.9 Å². The Hall–Kier alpha value is -2.12. The number of hydrogen-bond acceptors (Lipinski definition) is 6. The zero-order valence-corrected chi connectivity index (χ0v) is 16.2. The maximum Gasteiger partial charge on any atom is 0.229 e. The molecule has 0 bridgehead atoms. The maximum atomic E-state index is 12.7. The van der Waals surface area contributed by atoms with E-state index in [9.17, 15) is 4.79 Å². The van der Waals surface area contributed by atoms with Crippen molar-refractivity contribution in [3.8, 4) is 22.1 Å². The van der Waals surface area contributed by atoms with Crippen LogP contribution in [0.3, 0.4) is 0 Å². The lowest BCUT2D eigenvalue weighted by Gasteiger charge is -2.35. The lowest BCUT2D eigenvalue weighted by molar-refractivity contribution is -0.139. The third-order valence-electron chi connectivity index (χ3n) is 4.53. The molecule has 0 spiro atoms. The Morgan fingerprint density at radius 1 is 1.35 bits per heavy atom. The molecular formula is C19H24N2O4S. The Morgan fingerprint density at radius 3 is 2.88 bits per heavy atom. The fourth-order valence-electron chi connectivity index (χ4n) is 3.07. The molecule has 0 radical (unpaired) electrons. The second-order valence-corrected chi connectivity index (χ2v) is 6.97. The van der Waals surface area contributed by atoms with Crippen LogP contribution in [0.2, 0.25) is 0 Å². The van der Waals surface area contributed by atoms with Gasteiger partial charge in [-0.15, -0.1) is 11.3 Å². The van der Waals surface area contributed by atoms with Crippen molar-refractivity contribution in [3.63, 3.8) is 0 Å². The summed E-state index contributed by atoms with van der Waals surface area (Å²) >= 11 is 1.53. The number of hydrogen-bond donors (Lipinski definition) is 0. The molecule has 2 aromatic rings. The van der Waals surface area contributed by atoms with Crippen LogP contribution in [0.5, 0.6) is 11.5 Å². The number of aromatic nitrogens is 1. The first kappa shape index (κ1) is 18.7. The van der Waals surface area contributed by atoms with Crippen LogP contribution in [0, 0.1) is 0 Å². The predicted molar refractivity (Wildman–Crippen MR) is 101 cm³/mol. The molecule has 1 amide bonds. The van der Waals surface area contributed by atoms with Gasteiger partial charge in [0.2, 0.25) is 5.91 Å². The zero-order valence-electron chi connectivity index (χ0n) is 15.4. The molecule has 1 atom stereocenters. The van der Waals surface area contributed by atoms with Gasteiger partial charge in [-0.25, -0.2) is 4.98 Å². The van der Waals surface area contributed by atoms with E-state index in [-0.39, 0.29) is 11.9 Å². The Labute approximate surface area is 157 Å². The van der Waals surface area contributed by atoms with E-state index in [0.717, 1.165) is 22.7 Å². The highest BCUT2D eigenvalue weighted by molar-refractivity contribution is 7.13. The number of carbonyl (C=O) groups is 1. The minimum absolute atomic E-state index is 0.115. The van der Waals surface area contributed by atoms with E-state index in [1.165, 1.54) is 11.3 Å². The number of carbonyl (C=O) groups excluding carboxylic acids is 1. The molecule has 1 saturated heterocycles. The molecular weight excluding hydrogens is 352 g/mol. The summed E-state index contributed by atoms with van der Waals surface area (Å²) in [6.45, 7) is 3.97. The van der Waals surface area contributed by atoms with Gasteiger partial charge in [0.25, 0.3) is 0 Å². The van der Waals surface area contributed by atoms with Gasteiger partial charge in [0, 0.05) is 17.5 Å². The molecule has 2 heterocycles. The molecule has 0 saturated carbocycles. The Balaban J connectivity index is 1.72. The largest absolute Gasteiger partial charge is 0.493 e. The van der Waals surface area contributed by atoms with Gasteiger partial charge < -0.3 is 19.1 Å². The fourth-order valence-corrected chi connectivity index (χ4v) is 3.88. The summed E-state index contributed by atoms with van der Waals surface area (Å²) in [6, 6.07) is 5.87. The summed E-state index contributed by atoms with van der Waals surface area (Å²) in [5.41, 5.74) is 1.75. The van der Waals surface area contributed by atoms with Gasteiger partial charge in [-0.3, -0.25) is 4.79 Å². The SMILES string of the molecule is CCC1COCCN1C(=O)Cc1csc(-c2ccc(OC)c(OC)c2)n1. The van der Waals surface area contributed by atoms with E-state index in [4.69, 9.17) is 14.2 Å². The Morgan fingerprint density at radius 2 is 2.15 bits per heavy atom. The first-order valence-electron chi connectivity index (χ1n) is 8.70. The number of benzene rings is 1. The van der Waals surface area contributed by atoms with Crippen LogP contribution in [-0.2, 0) is 16.0 Å². The van der Waals surface area contributed by atoms with Crippen LogP contribution < -0.4 is 9.47 Å². The number of rotatable bonds is 6. The Bertz CT molecular complexity index is 762. The number of morpholine rings is 1. The summed E-state index contributed by atoms with van der Waals surface area (Å²) in [6.07, 6.45) is 1.22. The normalized spacial score (nSPS) is 17.2. The summed E-state index contributed by atoms with van der Waals surface area (Å²) in [5, 5.41) is 2.81. The molecule has 1 unspecified atom stereocenters. The van der Waals surface area contributed by atoms with Crippen LogP contribution >= 0.6 is 11.3 Å². The molecule has 26 heavy (non-hydrogen) atoms. The van der Waals surface area contributed by atoms with Crippen molar-refractivity contribution in [1.82, 2.24) is 9.88 Å². The van der Waals surface area contributed by atoms with E-state index < -0.39 is 0 Å². The fraction of sp³-hybridized carbons (Fsp3) is 0.474. The van der Waals surface area contributed by atoms with Gasteiger partial charge >= 0.3 is 0 Å². The Kier molecular flexibility index (Phi) is 6.11. The molecule has 3 rings (SSSR count). The predicted octanol–water partition coefficient (Wildman–Crippen LogP) is 3.01. The smallest absolute Gasteiger partial charge is 0.229 e. The molecule has 6 nitrogen and oxygen atoms in total.